The largest absolute Gasteiger partial charge is 0.668 e. The Hall–Kier alpha value is 1.39. The molecule has 0 aromatic carbocycles. The minimum Gasteiger partial charge on any atom is -0.668 e. The van der Waals surface area contributed by atoms with Crippen LogP contribution >= 0.6 is 0 Å². The molecule has 27 heavy (non-hydrogen) atoms. The van der Waals surface area contributed by atoms with Gasteiger partial charge in [-0.3, -0.25) is 0 Å². The summed E-state index contributed by atoms with van der Waals surface area (Å²) in [5, 5.41) is 1.56. The van der Waals surface area contributed by atoms with Crippen LogP contribution < -0.4 is 0 Å². The fourth-order valence-corrected chi connectivity index (χ4v) is 16.1. The van der Waals surface area contributed by atoms with Gasteiger partial charge in [0, 0.05) is 46.3 Å². The Morgan fingerprint density at radius 1 is 0.630 bits per heavy atom. The van der Waals surface area contributed by atoms with E-state index < -0.39 is 24.7 Å². The summed E-state index contributed by atoms with van der Waals surface area (Å²) in [6.07, 6.45) is 0. The van der Waals surface area contributed by atoms with Gasteiger partial charge in [-0.1, -0.05) is 113 Å². The molecule has 1 radical (unpaired) electrons. The fraction of sp³-hybridized carbons (Fsp3) is 0.762. The third-order valence-electron chi connectivity index (χ3n) is 4.34. The molecule has 0 saturated heterocycles. The Labute approximate surface area is 207 Å². The SMILES string of the molecule is C[C]1C(C)=C(C)C(C)=C1[Si](C)(C)[N-]C(C)(C)C.C[Si](C)(C)[N-][Si](C)(C)C.[Sm]. The number of nitrogens with zero attached hydrogens (tertiary/aromatic N) is 2. The molecule has 0 aliphatic heterocycles. The zero-order valence-corrected chi connectivity index (χ0v) is 26.4. The first-order valence-electron chi connectivity index (χ1n) is 9.89. The number of rotatable bonds is 4. The predicted octanol–water partition coefficient (Wildman–Crippen LogP) is 8.19. The van der Waals surface area contributed by atoms with E-state index in [0.29, 0.717) is 0 Å². The molecule has 0 aromatic rings. The van der Waals surface area contributed by atoms with E-state index in [1.54, 1.807) is 5.20 Å². The van der Waals surface area contributed by atoms with Gasteiger partial charge < -0.3 is 9.63 Å². The molecule has 0 aromatic heterocycles. The Morgan fingerprint density at radius 3 is 1.19 bits per heavy atom. The van der Waals surface area contributed by atoms with Gasteiger partial charge in [-0.15, -0.1) is 5.54 Å². The summed E-state index contributed by atoms with van der Waals surface area (Å²) in [4.78, 5) is 5.13. The van der Waals surface area contributed by atoms with Gasteiger partial charge in [-0.05, 0) is 34.6 Å². The summed E-state index contributed by atoms with van der Waals surface area (Å²) in [6.45, 7) is 34.1. The van der Waals surface area contributed by atoms with Gasteiger partial charge in [0.05, 0.1) is 0 Å². The average molecular weight is 560 g/mol. The average Bonchev–Trinajstić information content (AvgIpc) is 2.46. The maximum atomic E-state index is 5.13. The van der Waals surface area contributed by atoms with Crippen LogP contribution in [0.1, 0.15) is 48.5 Å². The Balaban J connectivity index is 0. The van der Waals surface area contributed by atoms with E-state index in [9.17, 15) is 0 Å². The molecule has 6 heteroatoms. The maximum absolute atomic E-state index is 5.13. The van der Waals surface area contributed by atoms with Crippen molar-refractivity contribution in [2.24, 2.45) is 0 Å². The molecule has 0 heterocycles. The third kappa shape index (κ3) is 11.4. The second kappa shape index (κ2) is 10.6. The van der Waals surface area contributed by atoms with Crippen LogP contribution in [-0.2, 0) is 0 Å². The number of hydrogen-bond acceptors (Lipinski definition) is 0. The Morgan fingerprint density at radius 2 is 1.00 bits per heavy atom. The Bertz CT molecular complexity index is 547. The van der Waals surface area contributed by atoms with Gasteiger partial charge in [0.15, 0.2) is 0 Å². The molecule has 0 fully saturated rings. The van der Waals surface area contributed by atoms with Crippen molar-refractivity contribution in [1.82, 2.24) is 0 Å². The minimum atomic E-state index is -1.69. The van der Waals surface area contributed by atoms with Crippen molar-refractivity contribution < 1.29 is 40.4 Å². The van der Waals surface area contributed by atoms with Gasteiger partial charge in [0.1, 0.15) is 0 Å². The molecular formula is C21H45N2Si3Sm-2. The summed E-state index contributed by atoms with van der Waals surface area (Å²) in [7, 11) is -3.90. The van der Waals surface area contributed by atoms with E-state index >= 15 is 0 Å². The van der Waals surface area contributed by atoms with Gasteiger partial charge in [0.25, 0.3) is 0 Å². The molecule has 0 atom stereocenters. The first kappa shape index (κ1) is 30.6. The van der Waals surface area contributed by atoms with Crippen molar-refractivity contribution in [2.75, 3.05) is 0 Å². The molecular weight excluding hydrogens is 515 g/mol. The van der Waals surface area contributed by atoms with E-state index in [0.717, 1.165) is 0 Å². The molecule has 0 unspecified atom stereocenters. The van der Waals surface area contributed by atoms with Crippen LogP contribution in [0.25, 0.3) is 9.63 Å². The van der Waals surface area contributed by atoms with Gasteiger partial charge in [-0.2, -0.15) is 0 Å². The first-order valence-corrected chi connectivity index (χ1v) is 19.7. The van der Waals surface area contributed by atoms with E-state index in [4.69, 9.17) is 9.63 Å². The number of hydrogen-bond donors (Lipinski definition) is 0. The van der Waals surface area contributed by atoms with E-state index in [2.05, 4.69) is 101 Å². The molecule has 1 aliphatic carbocycles. The van der Waals surface area contributed by atoms with Gasteiger partial charge >= 0.3 is 0 Å². The van der Waals surface area contributed by atoms with Gasteiger partial charge in [-0.25, -0.2) is 0 Å². The Kier molecular flexibility index (Phi) is 12.0. The summed E-state index contributed by atoms with van der Waals surface area (Å²) < 4.78 is 4.82. The van der Waals surface area contributed by atoms with Crippen LogP contribution in [0.3, 0.4) is 0 Å². The quantitative estimate of drug-likeness (QED) is 0.311. The standard InChI is InChI=1S/C15H27NSi.C6H18NSi2.Sm/c1-10-11(2)13(4)14(12(10)3)17(8,9)16-15(5,6)7;1-8(2,3)7-9(4,5)6;/h1-9H3;1-6H3;/q2*-1;. The van der Waals surface area contributed by atoms with Crippen LogP contribution in [0.4, 0.5) is 0 Å². The monoisotopic (exact) mass is 561 g/mol. The van der Waals surface area contributed by atoms with Crippen LogP contribution in [0, 0.1) is 46.3 Å². The van der Waals surface area contributed by atoms with Crippen molar-refractivity contribution in [3.05, 3.63) is 37.5 Å². The summed E-state index contributed by atoms with van der Waals surface area (Å²) >= 11 is 0. The summed E-state index contributed by atoms with van der Waals surface area (Å²) in [6, 6.07) is 0. The molecule has 0 saturated carbocycles. The topological polar surface area (TPSA) is 28.2 Å². The zero-order chi connectivity index (χ0) is 21.3. The van der Waals surface area contributed by atoms with Crippen LogP contribution in [-0.4, -0.2) is 30.2 Å². The van der Waals surface area contributed by atoms with Crippen molar-refractivity contribution in [3.63, 3.8) is 0 Å². The molecule has 2 nitrogen and oxygen atoms in total. The molecule has 0 bridgehead atoms. The second-order valence-electron chi connectivity index (χ2n) is 11.2. The van der Waals surface area contributed by atoms with Crippen molar-refractivity contribution >= 4 is 24.7 Å². The summed E-state index contributed by atoms with van der Waals surface area (Å²) in [5.41, 5.74) is 4.46. The molecule has 0 N–H and O–H groups in total. The first-order chi connectivity index (χ1) is 11.2. The van der Waals surface area contributed by atoms with E-state index in [-0.39, 0.29) is 45.9 Å². The minimum absolute atomic E-state index is 0. The van der Waals surface area contributed by atoms with Crippen LogP contribution in [0.5, 0.6) is 0 Å². The predicted molar refractivity (Wildman–Crippen MR) is 131 cm³/mol. The van der Waals surface area contributed by atoms with Gasteiger partial charge in [0.2, 0.25) is 0 Å². The zero-order valence-electron chi connectivity index (χ0n) is 20.8. The molecule has 0 spiro atoms. The number of allylic oxidation sites excluding steroid dienone is 4. The molecule has 0 amide bonds. The van der Waals surface area contributed by atoms with E-state index in [1.807, 2.05) is 0 Å². The summed E-state index contributed by atoms with van der Waals surface area (Å²) in [5.74, 6) is 1.48. The van der Waals surface area contributed by atoms with Crippen molar-refractivity contribution in [3.8, 4) is 0 Å². The second-order valence-corrected chi connectivity index (χ2v) is 24.6. The molecule has 159 valence electrons. The maximum Gasteiger partial charge on any atom is 0.0173 e. The van der Waals surface area contributed by atoms with Crippen molar-refractivity contribution in [2.45, 2.75) is 106 Å². The smallest absolute Gasteiger partial charge is 0.0173 e. The fourth-order valence-electron chi connectivity index (χ4n) is 4.04. The third-order valence-corrected chi connectivity index (χ3v) is 12.9. The van der Waals surface area contributed by atoms with Crippen LogP contribution in [0.2, 0.25) is 52.4 Å². The molecule has 1 aliphatic rings. The normalized spacial score (nSPS) is 17.0. The molecule has 1 rings (SSSR count). The van der Waals surface area contributed by atoms with Crippen LogP contribution in [0.15, 0.2) is 21.9 Å². The van der Waals surface area contributed by atoms with Crippen molar-refractivity contribution in [1.29, 1.82) is 0 Å². The van der Waals surface area contributed by atoms with E-state index in [1.165, 1.54) is 22.6 Å².